The highest BCUT2D eigenvalue weighted by Gasteiger charge is 2.73. The SMILES string of the molecule is COC(=O)c1c(OC)cc2cc3c(c(O)c2c1C)C(=O)C1(O)C(OC)=CC(=O)C(OC)C1(O)C3=O. The molecule has 35 heavy (non-hydrogen) atoms. The first-order valence-corrected chi connectivity index (χ1v) is 10.3. The number of carbonyl (C=O) groups is 4. The number of aliphatic hydroxyl groups is 2. The van der Waals surface area contributed by atoms with Crippen LogP contribution < -0.4 is 4.74 Å². The predicted octanol–water partition coefficient (Wildman–Crippen LogP) is 0.618. The summed E-state index contributed by atoms with van der Waals surface area (Å²) in [5, 5.41) is 34.4. The van der Waals surface area contributed by atoms with E-state index in [-0.39, 0.29) is 27.6 Å². The summed E-state index contributed by atoms with van der Waals surface area (Å²) in [6, 6.07) is 2.54. The normalized spacial score (nSPS) is 25.6. The molecule has 0 aliphatic heterocycles. The first-order chi connectivity index (χ1) is 16.4. The predicted molar refractivity (Wildman–Crippen MR) is 118 cm³/mol. The Bertz CT molecular complexity index is 1370. The van der Waals surface area contributed by atoms with E-state index in [1.165, 1.54) is 26.2 Å². The summed E-state index contributed by atoms with van der Waals surface area (Å²) in [7, 11) is 4.53. The fourth-order valence-electron chi connectivity index (χ4n) is 4.99. The molecule has 0 saturated carbocycles. The van der Waals surface area contributed by atoms with Crippen LogP contribution in [0.1, 0.15) is 36.6 Å². The maximum atomic E-state index is 13.7. The van der Waals surface area contributed by atoms with E-state index in [0.29, 0.717) is 0 Å². The standard InChI is InChI=1S/C24H22O11/c1-9-15-10(7-13(32-2)16(9)22(29)35-5)6-11-17(18(15)26)20(28)23(30)14(33-3)8-12(25)21(34-4)24(23,31)19(11)27/h6-8,21,26,30-31H,1-5H3. The van der Waals surface area contributed by atoms with Crippen molar-refractivity contribution in [2.75, 3.05) is 28.4 Å². The summed E-state index contributed by atoms with van der Waals surface area (Å²) >= 11 is 0. The van der Waals surface area contributed by atoms with Crippen molar-refractivity contribution in [2.24, 2.45) is 0 Å². The van der Waals surface area contributed by atoms with Gasteiger partial charge in [0.1, 0.15) is 22.8 Å². The van der Waals surface area contributed by atoms with Crippen LogP contribution in [0.3, 0.4) is 0 Å². The second-order valence-electron chi connectivity index (χ2n) is 8.18. The van der Waals surface area contributed by atoms with Crippen molar-refractivity contribution in [3.05, 3.63) is 46.2 Å². The number of ketones is 3. The highest BCUT2D eigenvalue weighted by Crippen LogP contribution is 2.50. The molecule has 0 amide bonds. The Morgan fingerprint density at radius 3 is 2.20 bits per heavy atom. The summed E-state index contributed by atoms with van der Waals surface area (Å²) in [4.78, 5) is 52.3. The molecule has 11 heteroatoms. The zero-order valence-electron chi connectivity index (χ0n) is 19.4. The van der Waals surface area contributed by atoms with Crippen LogP contribution >= 0.6 is 0 Å². The topological polar surface area (TPSA) is 166 Å². The van der Waals surface area contributed by atoms with Crippen molar-refractivity contribution in [1.82, 2.24) is 0 Å². The van der Waals surface area contributed by atoms with Crippen LogP contribution in [0.4, 0.5) is 0 Å². The molecular weight excluding hydrogens is 464 g/mol. The fraction of sp³-hybridized carbons (Fsp3) is 0.333. The molecule has 184 valence electrons. The molecule has 2 aromatic carbocycles. The largest absolute Gasteiger partial charge is 0.507 e. The molecule has 2 aliphatic rings. The maximum absolute atomic E-state index is 13.7. The number of carbonyl (C=O) groups excluding carboxylic acids is 4. The second kappa shape index (κ2) is 7.87. The number of Topliss-reactive ketones (excluding diaryl/α,β-unsaturated/α-hetero) is 2. The molecule has 3 atom stereocenters. The van der Waals surface area contributed by atoms with E-state index in [1.54, 1.807) is 0 Å². The average Bonchev–Trinajstić information content (AvgIpc) is 2.83. The number of fused-ring (bicyclic) bond motifs is 3. The minimum atomic E-state index is -3.09. The highest BCUT2D eigenvalue weighted by molar-refractivity contribution is 6.29. The molecule has 0 heterocycles. The number of phenolic OH excluding ortho intramolecular Hbond substituents is 1. The number of ether oxygens (including phenoxy) is 4. The smallest absolute Gasteiger partial charge is 0.341 e. The van der Waals surface area contributed by atoms with Crippen LogP contribution in [0.25, 0.3) is 10.8 Å². The minimum absolute atomic E-state index is 0.0123. The number of aromatic hydroxyl groups is 1. The van der Waals surface area contributed by atoms with Crippen LogP contribution in [0, 0.1) is 6.92 Å². The first-order valence-electron chi connectivity index (χ1n) is 10.3. The molecular formula is C24H22O11. The lowest BCUT2D eigenvalue weighted by molar-refractivity contribution is -0.175. The van der Waals surface area contributed by atoms with Crippen molar-refractivity contribution in [2.45, 2.75) is 24.2 Å². The van der Waals surface area contributed by atoms with Crippen molar-refractivity contribution < 1.29 is 53.4 Å². The van der Waals surface area contributed by atoms with Gasteiger partial charge in [0, 0.05) is 24.1 Å². The quantitative estimate of drug-likeness (QED) is 0.519. The van der Waals surface area contributed by atoms with Gasteiger partial charge in [0.25, 0.3) is 0 Å². The maximum Gasteiger partial charge on any atom is 0.341 e. The molecule has 3 N–H and O–H groups in total. The molecule has 3 unspecified atom stereocenters. The Balaban J connectivity index is 2.15. The molecule has 0 aromatic heterocycles. The van der Waals surface area contributed by atoms with Gasteiger partial charge in [-0.3, -0.25) is 14.4 Å². The van der Waals surface area contributed by atoms with E-state index in [0.717, 1.165) is 27.4 Å². The van der Waals surface area contributed by atoms with Gasteiger partial charge >= 0.3 is 5.97 Å². The van der Waals surface area contributed by atoms with E-state index >= 15 is 0 Å². The average molecular weight is 486 g/mol. The van der Waals surface area contributed by atoms with Gasteiger partial charge in [0.2, 0.25) is 22.8 Å². The third kappa shape index (κ3) is 2.76. The Labute approximate surface area is 198 Å². The molecule has 4 rings (SSSR count). The third-order valence-corrected chi connectivity index (χ3v) is 6.65. The molecule has 2 aromatic rings. The first kappa shape index (κ1) is 24.3. The van der Waals surface area contributed by atoms with Gasteiger partial charge < -0.3 is 34.3 Å². The zero-order chi connectivity index (χ0) is 26.0. The van der Waals surface area contributed by atoms with Crippen molar-refractivity contribution in [1.29, 1.82) is 0 Å². The van der Waals surface area contributed by atoms with E-state index in [4.69, 9.17) is 18.9 Å². The molecule has 0 saturated heterocycles. The Hall–Kier alpha value is -3.80. The molecule has 2 aliphatic carbocycles. The van der Waals surface area contributed by atoms with Crippen LogP contribution in [0.15, 0.2) is 24.0 Å². The highest BCUT2D eigenvalue weighted by atomic mass is 16.5. The van der Waals surface area contributed by atoms with Crippen LogP contribution in [0.5, 0.6) is 11.5 Å². The van der Waals surface area contributed by atoms with Gasteiger partial charge in [0.05, 0.1) is 26.9 Å². The lowest BCUT2D eigenvalue weighted by Crippen LogP contribution is -2.75. The zero-order valence-corrected chi connectivity index (χ0v) is 19.4. The van der Waals surface area contributed by atoms with Crippen LogP contribution in [0.2, 0.25) is 0 Å². The number of hydrogen-bond donors (Lipinski definition) is 3. The summed E-state index contributed by atoms with van der Waals surface area (Å²) < 4.78 is 20.1. The van der Waals surface area contributed by atoms with Crippen molar-refractivity contribution >= 4 is 34.1 Å². The number of phenols is 1. The summed E-state index contributed by atoms with van der Waals surface area (Å²) in [5.74, 6) is -5.58. The number of aryl methyl sites for hydroxylation is 1. The Morgan fingerprint density at radius 1 is 1.00 bits per heavy atom. The van der Waals surface area contributed by atoms with Gasteiger partial charge in [-0.05, 0) is 30.0 Å². The van der Waals surface area contributed by atoms with Crippen molar-refractivity contribution in [3.8, 4) is 11.5 Å². The minimum Gasteiger partial charge on any atom is -0.507 e. The Kier molecular flexibility index (Phi) is 5.47. The summed E-state index contributed by atoms with van der Waals surface area (Å²) in [6.07, 6.45) is -1.19. The number of methoxy groups -OCH3 is 4. The monoisotopic (exact) mass is 486 g/mol. The summed E-state index contributed by atoms with van der Waals surface area (Å²) in [6.45, 7) is 1.48. The van der Waals surface area contributed by atoms with E-state index in [9.17, 15) is 34.5 Å². The summed E-state index contributed by atoms with van der Waals surface area (Å²) in [5.41, 5.74) is -7.11. The lowest BCUT2D eigenvalue weighted by Gasteiger charge is -2.49. The lowest BCUT2D eigenvalue weighted by atomic mass is 9.60. The number of hydrogen-bond acceptors (Lipinski definition) is 11. The van der Waals surface area contributed by atoms with Gasteiger partial charge in [-0.1, -0.05) is 0 Å². The van der Waals surface area contributed by atoms with E-state index in [1.807, 2.05) is 0 Å². The fourth-order valence-corrected chi connectivity index (χ4v) is 4.99. The Morgan fingerprint density at radius 2 is 1.66 bits per heavy atom. The third-order valence-electron chi connectivity index (χ3n) is 6.65. The second-order valence-corrected chi connectivity index (χ2v) is 8.18. The van der Waals surface area contributed by atoms with Gasteiger partial charge in [-0.2, -0.15) is 0 Å². The van der Waals surface area contributed by atoms with Gasteiger partial charge in [-0.15, -0.1) is 0 Å². The number of esters is 1. The van der Waals surface area contributed by atoms with Crippen LogP contribution in [-0.4, -0.2) is 84.4 Å². The molecule has 0 spiro atoms. The molecule has 11 nitrogen and oxygen atoms in total. The number of benzene rings is 2. The van der Waals surface area contributed by atoms with Gasteiger partial charge in [0.15, 0.2) is 11.9 Å². The van der Waals surface area contributed by atoms with E-state index in [2.05, 4.69) is 0 Å². The van der Waals surface area contributed by atoms with Crippen LogP contribution in [-0.2, 0) is 19.0 Å². The number of rotatable bonds is 4. The van der Waals surface area contributed by atoms with Crippen molar-refractivity contribution in [3.63, 3.8) is 0 Å². The molecule has 0 radical (unpaired) electrons. The van der Waals surface area contributed by atoms with Gasteiger partial charge in [-0.25, -0.2) is 4.79 Å². The molecule has 0 bridgehead atoms. The van der Waals surface area contributed by atoms with E-state index < -0.39 is 63.3 Å². The molecule has 0 fully saturated rings.